The van der Waals surface area contributed by atoms with Crippen molar-refractivity contribution in [3.05, 3.63) is 98.8 Å². The molecule has 0 atom stereocenters. The third-order valence-electron chi connectivity index (χ3n) is 6.71. The average molecular weight is 484 g/mol. The maximum Gasteiger partial charge on any atom is 0.278 e. The number of rotatable bonds is 6. The van der Waals surface area contributed by atoms with E-state index in [0.717, 1.165) is 23.1 Å². The van der Waals surface area contributed by atoms with Crippen LogP contribution in [0, 0.1) is 13.8 Å². The number of methoxy groups -OCH3 is 1. The SMILES string of the molecule is CCc1ccc(NC(=O)Cn2c3c(c(=O)n2-c2ccc(C)c(C)c2)Cc2cccc(OC)c2O3)cc1. The Bertz CT molecular complexity index is 1510. The summed E-state index contributed by atoms with van der Waals surface area (Å²) in [5.74, 6) is 1.24. The Morgan fingerprint density at radius 1 is 1.06 bits per heavy atom. The zero-order valence-corrected chi connectivity index (χ0v) is 20.9. The van der Waals surface area contributed by atoms with Gasteiger partial charge in [-0.3, -0.25) is 9.59 Å². The zero-order valence-electron chi connectivity index (χ0n) is 20.9. The normalized spacial score (nSPS) is 11.9. The molecule has 1 aliphatic heterocycles. The molecule has 1 aliphatic rings. The van der Waals surface area contributed by atoms with Gasteiger partial charge in [-0.05, 0) is 67.3 Å². The molecule has 1 amide bonds. The van der Waals surface area contributed by atoms with E-state index in [1.165, 1.54) is 10.2 Å². The Balaban J connectivity index is 1.58. The van der Waals surface area contributed by atoms with Crippen molar-refractivity contribution in [2.45, 2.75) is 40.2 Å². The summed E-state index contributed by atoms with van der Waals surface area (Å²) in [4.78, 5) is 26.9. The van der Waals surface area contributed by atoms with Gasteiger partial charge in [0.25, 0.3) is 5.56 Å². The predicted octanol–water partition coefficient (Wildman–Crippen LogP) is 5.16. The van der Waals surface area contributed by atoms with E-state index in [0.29, 0.717) is 40.7 Å². The fraction of sp³-hybridized carbons (Fsp3) is 0.241. The highest BCUT2D eigenvalue weighted by Crippen LogP contribution is 2.41. The second-order valence-electron chi connectivity index (χ2n) is 9.05. The molecule has 0 spiro atoms. The number of benzene rings is 3. The van der Waals surface area contributed by atoms with Crippen molar-refractivity contribution in [3.63, 3.8) is 0 Å². The van der Waals surface area contributed by atoms with E-state index in [2.05, 4.69) is 12.2 Å². The number of nitrogens with zero attached hydrogens (tertiary/aromatic N) is 2. The molecule has 184 valence electrons. The fourth-order valence-corrected chi connectivity index (χ4v) is 4.52. The van der Waals surface area contributed by atoms with Crippen LogP contribution in [-0.4, -0.2) is 22.4 Å². The van der Waals surface area contributed by atoms with Crippen LogP contribution in [0.3, 0.4) is 0 Å². The van der Waals surface area contributed by atoms with Crippen LogP contribution in [0.2, 0.25) is 0 Å². The summed E-state index contributed by atoms with van der Waals surface area (Å²) in [5.41, 5.74) is 5.91. The molecule has 7 heteroatoms. The Hall–Kier alpha value is -4.26. The molecular formula is C29H29N3O4. The summed E-state index contributed by atoms with van der Waals surface area (Å²) in [6.45, 7) is 6.01. The maximum atomic E-state index is 13.7. The van der Waals surface area contributed by atoms with E-state index in [1.54, 1.807) is 11.8 Å². The minimum atomic E-state index is -0.260. The number of hydrogen-bond donors (Lipinski definition) is 1. The standard InChI is InChI=1S/C29H29N3O4/c1-5-20-10-12-22(13-11-20)30-26(33)17-31-29-24(16-21-7-6-8-25(35-4)27(21)36-29)28(34)32(31)23-14-9-18(2)19(3)15-23/h6-15H,5,16-17H2,1-4H3,(H,30,33). The number of fused-ring (bicyclic) bond motifs is 2. The summed E-state index contributed by atoms with van der Waals surface area (Å²) in [5, 5.41) is 2.94. The Kier molecular flexibility index (Phi) is 6.14. The fourth-order valence-electron chi connectivity index (χ4n) is 4.52. The second-order valence-corrected chi connectivity index (χ2v) is 9.05. The van der Waals surface area contributed by atoms with Crippen LogP contribution in [0.1, 0.15) is 34.7 Å². The van der Waals surface area contributed by atoms with Crippen LogP contribution in [0.5, 0.6) is 17.4 Å². The van der Waals surface area contributed by atoms with Crippen LogP contribution in [-0.2, 0) is 24.2 Å². The lowest BCUT2D eigenvalue weighted by molar-refractivity contribution is -0.117. The molecular weight excluding hydrogens is 454 g/mol. The molecule has 0 aliphatic carbocycles. The Morgan fingerprint density at radius 3 is 2.53 bits per heavy atom. The van der Waals surface area contributed by atoms with Gasteiger partial charge in [-0.2, -0.15) is 0 Å². The van der Waals surface area contributed by atoms with Crippen LogP contribution in [0.15, 0.2) is 65.5 Å². The van der Waals surface area contributed by atoms with Crippen LogP contribution in [0.25, 0.3) is 5.69 Å². The third kappa shape index (κ3) is 4.17. The van der Waals surface area contributed by atoms with Crippen molar-refractivity contribution in [1.29, 1.82) is 0 Å². The van der Waals surface area contributed by atoms with E-state index < -0.39 is 0 Å². The number of nitrogens with one attached hydrogen (secondary N) is 1. The minimum Gasteiger partial charge on any atom is -0.493 e. The minimum absolute atomic E-state index is 0.0997. The van der Waals surface area contributed by atoms with Gasteiger partial charge in [-0.1, -0.05) is 37.3 Å². The monoisotopic (exact) mass is 483 g/mol. The van der Waals surface area contributed by atoms with Gasteiger partial charge in [0, 0.05) is 17.7 Å². The molecule has 1 N–H and O–H groups in total. The molecule has 36 heavy (non-hydrogen) atoms. The summed E-state index contributed by atoms with van der Waals surface area (Å²) < 4.78 is 14.9. The number of carbonyl (C=O) groups is 1. The van der Waals surface area contributed by atoms with Crippen LogP contribution >= 0.6 is 0 Å². The van der Waals surface area contributed by atoms with Gasteiger partial charge >= 0.3 is 0 Å². The average Bonchev–Trinajstić information content (AvgIpc) is 3.14. The van der Waals surface area contributed by atoms with E-state index in [9.17, 15) is 9.59 Å². The van der Waals surface area contributed by atoms with Crippen molar-refractivity contribution in [3.8, 4) is 23.1 Å². The Labute approximate surface area is 209 Å². The van der Waals surface area contributed by atoms with Crippen molar-refractivity contribution in [1.82, 2.24) is 9.36 Å². The molecule has 0 saturated heterocycles. The number of hydrogen-bond acceptors (Lipinski definition) is 4. The van der Waals surface area contributed by atoms with E-state index >= 15 is 0 Å². The Morgan fingerprint density at radius 2 is 1.83 bits per heavy atom. The zero-order chi connectivity index (χ0) is 25.4. The highest BCUT2D eigenvalue weighted by molar-refractivity contribution is 5.90. The van der Waals surface area contributed by atoms with E-state index in [-0.39, 0.29) is 18.0 Å². The lowest BCUT2D eigenvalue weighted by Gasteiger charge is -2.21. The number of carbonyl (C=O) groups excluding carboxylic acids is 1. The molecule has 0 saturated carbocycles. The molecule has 1 aromatic heterocycles. The molecule has 0 fully saturated rings. The van der Waals surface area contributed by atoms with Gasteiger partial charge in [0.15, 0.2) is 11.5 Å². The number of anilines is 1. The number of ether oxygens (including phenoxy) is 2. The first-order valence-electron chi connectivity index (χ1n) is 12.0. The first kappa shape index (κ1) is 23.5. The van der Waals surface area contributed by atoms with Crippen LogP contribution in [0.4, 0.5) is 5.69 Å². The van der Waals surface area contributed by atoms with Crippen molar-refractivity contribution in [2.75, 3.05) is 12.4 Å². The molecule has 0 radical (unpaired) electrons. The topological polar surface area (TPSA) is 74.5 Å². The lowest BCUT2D eigenvalue weighted by atomic mass is 10.0. The van der Waals surface area contributed by atoms with Crippen LogP contribution < -0.4 is 20.3 Å². The first-order valence-corrected chi connectivity index (χ1v) is 12.0. The molecule has 0 bridgehead atoms. The molecule has 0 unspecified atom stereocenters. The highest BCUT2D eigenvalue weighted by Gasteiger charge is 2.30. The van der Waals surface area contributed by atoms with Crippen molar-refractivity contribution >= 4 is 11.6 Å². The quantitative estimate of drug-likeness (QED) is 0.362. The third-order valence-corrected chi connectivity index (χ3v) is 6.71. The van der Waals surface area contributed by atoms with Crippen molar-refractivity contribution < 1.29 is 14.3 Å². The predicted molar refractivity (Wildman–Crippen MR) is 140 cm³/mol. The molecule has 7 nitrogen and oxygen atoms in total. The number of para-hydroxylation sites is 1. The second kappa shape index (κ2) is 9.41. The summed E-state index contributed by atoms with van der Waals surface area (Å²) >= 11 is 0. The molecule has 4 aromatic rings. The van der Waals surface area contributed by atoms with Gasteiger partial charge in [0.1, 0.15) is 6.54 Å². The lowest BCUT2D eigenvalue weighted by Crippen LogP contribution is -2.27. The summed E-state index contributed by atoms with van der Waals surface area (Å²) in [7, 11) is 1.58. The largest absolute Gasteiger partial charge is 0.493 e. The molecule has 2 heterocycles. The highest BCUT2D eigenvalue weighted by atomic mass is 16.5. The van der Waals surface area contributed by atoms with Gasteiger partial charge in [-0.25, -0.2) is 9.36 Å². The smallest absolute Gasteiger partial charge is 0.278 e. The van der Waals surface area contributed by atoms with Gasteiger partial charge in [0.2, 0.25) is 11.8 Å². The number of aryl methyl sites for hydroxylation is 3. The van der Waals surface area contributed by atoms with E-state index in [4.69, 9.17) is 9.47 Å². The van der Waals surface area contributed by atoms with E-state index in [1.807, 2.05) is 74.5 Å². The van der Waals surface area contributed by atoms with Crippen molar-refractivity contribution in [2.24, 2.45) is 0 Å². The van der Waals surface area contributed by atoms with Gasteiger partial charge < -0.3 is 14.8 Å². The number of amides is 1. The van der Waals surface area contributed by atoms with Gasteiger partial charge in [-0.15, -0.1) is 0 Å². The molecule has 5 rings (SSSR count). The number of aromatic nitrogens is 2. The maximum absolute atomic E-state index is 13.7. The summed E-state index contributed by atoms with van der Waals surface area (Å²) in [6, 6.07) is 19.2. The summed E-state index contributed by atoms with van der Waals surface area (Å²) in [6.07, 6.45) is 1.31. The molecule has 3 aromatic carbocycles. The first-order chi connectivity index (χ1) is 17.4. The van der Waals surface area contributed by atoms with Gasteiger partial charge in [0.05, 0.1) is 18.4 Å².